The summed E-state index contributed by atoms with van der Waals surface area (Å²) >= 11 is 0. The molecule has 17 heavy (non-hydrogen) atoms. The molecule has 1 aromatic rings. The lowest BCUT2D eigenvalue weighted by Crippen LogP contribution is -2.37. The molecule has 1 heterocycles. The van der Waals surface area contributed by atoms with E-state index in [4.69, 9.17) is 0 Å². The molecule has 0 aromatic heterocycles. The fraction of sp³-hybridized carbons (Fsp3) is 0.385. The number of carbonyl (C=O) groups is 2. The van der Waals surface area contributed by atoms with Gasteiger partial charge in [0.1, 0.15) is 6.17 Å². The van der Waals surface area contributed by atoms with Crippen LogP contribution in [0.5, 0.6) is 0 Å². The van der Waals surface area contributed by atoms with Crippen LogP contribution in [0, 0.1) is 5.92 Å². The smallest absolute Gasteiger partial charge is 0.261 e. The molecule has 0 bridgehead atoms. The van der Waals surface area contributed by atoms with Crippen LogP contribution < -0.4 is 0 Å². The summed E-state index contributed by atoms with van der Waals surface area (Å²) < 4.78 is 13.6. The largest absolute Gasteiger partial charge is 0.271 e. The zero-order valence-electron chi connectivity index (χ0n) is 9.81. The molecule has 4 heteroatoms. The van der Waals surface area contributed by atoms with Gasteiger partial charge in [-0.15, -0.1) is 0 Å². The van der Waals surface area contributed by atoms with Gasteiger partial charge in [-0.25, -0.2) is 4.39 Å². The molecule has 2 rings (SSSR count). The molecule has 1 aliphatic rings. The lowest BCUT2D eigenvalue weighted by Gasteiger charge is -2.19. The second-order valence-electron chi connectivity index (χ2n) is 4.53. The third kappa shape index (κ3) is 1.95. The van der Waals surface area contributed by atoms with Gasteiger partial charge >= 0.3 is 0 Å². The summed E-state index contributed by atoms with van der Waals surface area (Å²) in [5, 5.41) is 0. The number of halogens is 1. The molecule has 3 nitrogen and oxygen atoms in total. The Labute approximate surface area is 99.2 Å². The van der Waals surface area contributed by atoms with Crippen molar-refractivity contribution in [3.05, 3.63) is 35.4 Å². The third-order valence-corrected chi connectivity index (χ3v) is 2.96. The van der Waals surface area contributed by atoms with E-state index in [1.165, 1.54) is 0 Å². The highest BCUT2D eigenvalue weighted by molar-refractivity contribution is 6.21. The van der Waals surface area contributed by atoms with Crippen LogP contribution in [-0.2, 0) is 0 Å². The van der Waals surface area contributed by atoms with E-state index in [1.807, 2.05) is 0 Å². The highest BCUT2D eigenvalue weighted by Gasteiger charge is 2.36. The van der Waals surface area contributed by atoms with Crippen molar-refractivity contribution in [2.75, 3.05) is 6.54 Å². The van der Waals surface area contributed by atoms with Crippen molar-refractivity contribution >= 4 is 11.8 Å². The van der Waals surface area contributed by atoms with E-state index in [0.717, 1.165) is 4.90 Å². The van der Waals surface area contributed by atoms with Gasteiger partial charge in [-0.1, -0.05) is 26.0 Å². The minimum absolute atomic E-state index is 0.163. The predicted molar refractivity (Wildman–Crippen MR) is 61.5 cm³/mol. The lowest BCUT2D eigenvalue weighted by atomic mass is 10.1. The van der Waals surface area contributed by atoms with E-state index in [2.05, 4.69) is 0 Å². The summed E-state index contributed by atoms with van der Waals surface area (Å²) in [7, 11) is 0. The molecule has 1 atom stereocenters. The normalized spacial score (nSPS) is 16.6. The van der Waals surface area contributed by atoms with Crippen molar-refractivity contribution in [3.63, 3.8) is 0 Å². The maximum absolute atomic E-state index is 13.6. The number of amides is 2. The first-order chi connectivity index (χ1) is 8.02. The standard InChI is InChI=1S/C13H14FNO2/c1-8(2)11(14)7-15-12(16)9-5-3-4-6-10(9)13(15)17/h3-6,8,11H,7H2,1-2H3. The van der Waals surface area contributed by atoms with E-state index in [-0.39, 0.29) is 12.5 Å². The Kier molecular flexibility index (Phi) is 2.96. The third-order valence-electron chi connectivity index (χ3n) is 2.96. The summed E-state index contributed by atoms with van der Waals surface area (Å²) in [5.41, 5.74) is 0.738. The van der Waals surface area contributed by atoms with Gasteiger partial charge in [0.25, 0.3) is 11.8 Å². The fourth-order valence-electron chi connectivity index (χ4n) is 1.79. The maximum Gasteiger partial charge on any atom is 0.261 e. The molecule has 1 aliphatic heterocycles. The molecular weight excluding hydrogens is 221 g/mol. The average molecular weight is 235 g/mol. The van der Waals surface area contributed by atoms with Crippen molar-refractivity contribution < 1.29 is 14.0 Å². The van der Waals surface area contributed by atoms with E-state index in [0.29, 0.717) is 11.1 Å². The van der Waals surface area contributed by atoms with Crippen molar-refractivity contribution in [2.24, 2.45) is 5.92 Å². The van der Waals surface area contributed by atoms with Gasteiger partial charge in [0.15, 0.2) is 0 Å². The van der Waals surface area contributed by atoms with Crippen LogP contribution in [-0.4, -0.2) is 29.4 Å². The molecule has 0 fully saturated rings. The van der Waals surface area contributed by atoms with Crippen LogP contribution in [0.15, 0.2) is 24.3 Å². The highest BCUT2D eigenvalue weighted by atomic mass is 19.1. The molecule has 90 valence electrons. The number of imide groups is 1. The highest BCUT2D eigenvalue weighted by Crippen LogP contribution is 2.23. The van der Waals surface area contributed by atoms with Gasteiger partial charge < -0.3 is 0 Å². The topological polar surface area (TPSA) is 37.4 Å². The summed E-state index contributed by atoms with van der Waals surface area (Å²) in [6, 6.07) is 6.59. The number of nitrogens with zero attached hydrogens (tertiary/aromatic N) is 1. The summed E-state index contributed by atoms with van der Waals surface area (Å²) in [6.07, 6.45) is -1.18. The second-order valence-corrected chi connectivity index (χ2v) is 4.53. The van der Waals surface area contributed by atoms with Crippen LogP contribution >= 0.6 is 0 Å². The molecule has 1 unspecified atom stereocenters. The zero-order chi connectivity index (χ0) is 12.6. The second kappa shape index (κ2) is 4.28. The number of rotatable bonds is 3. The lowest BCUT2D eigenvalue weighted by molar-refractivity contribution is 0.0590. The molecular formula is C13H14FNO2. The van der Waals surface area contributed by atoms with Crippen LogP contribution in [0.25, 0.3) is 0 Å². The number of carbonyl (C=O) groups excluding carboxylic acids is 2. The minimum atomic E-state index is -1.18. The molecule has 0 saturated heterocycles. The Hall–Kier alpha value is -1.71. The van der Waals surface area contributed by atoms with Crippen molar-refractivity contribution in [1.29, 1.82) is 0 Å². The summed E-state index contributed by atoms with van der Waals surface area (Å²) in [4.78, 5) is 24.8. The van der Waals surface area contributed by atoms with Gasteiger partial charge in [-0.05, 0) is 18.1 Å². The Morgan fingerprint density at radius 2 is 1.59 bits per heavy atom. The summed E-state index contributed by atoms with van der Waals surface area (Å²) in [6.45, 7) is 3.29. The van der Waals surface area contributed by atoms with Crippen LogP contribution in [0.2, 0.25) is 0 Å². The van der Waals surface area contributed by atoms with E-state index in [9.17, 15) is 14.0 Å². The Morgan fingerprint density at radius 1 is 1.12 bits per heavy atom. The number of alkyl halides is 1. The van der Waals surface area contributed by atoms with Gasteiger partial charge in [-0.3, -0.25) is 14.5 Å². The minimum Gasteiger partial charge on any atom is -0.271 e. The first-order valence-electron chi connectivity index (χ1n) is 5.61. The van der Waals surface area contributed by atoms with Crippen LogP contribution in [0.3, 0.4) is 0 Å². The number of benzene rings is 1. The molecule has 0 radical (unpaired) electrons. The summed E-state index contributed by atoms with van der Waals surface area (Å²) in [5.74, 6) is -0.998. The molecule has 0 saturated carbocycles. The monoisotopic (exact) mass is 235 g/mol. The van der Waals surface area contributed by atoms with Crippen molar-refractivity contribution in [3.8, 4) is 0 Å². The van der Waals surface area contributed by atoms with Crippen LogP contribution in [0.1, 0.15) is 34.6 Å². The fourth-order valence-corrected chi connectivity index (χ4v) is 1.79. The molecule has 1 aromatic carbocycles. The van der Waals surface area contributed by atoms with Gasteiger partial charge in [0, 0.05) is 0 Å². The van der Waals surface area contributed by atoms with E-state index in [1.54, 1.807) is 38.1 Å². The van der Waals surface area contributed by atoms with Crippen molar-refractivity contribution in [2.45, 2.75) is 20.0 Å². The average Bonchev–Trinajstić information content (AvgIpc) is 2.55. The molecule has 0 aliphatic carbocycles. The number of hydrogen-bond acceptors (Lipinski definition) is 2. The zero-order valence-corrected chi connectivity index (χ0v) is 9.81. The van der Waals surface area contributed by atoms with Crippen molar-refractivity contribution in [1.82, 2.24) is 4.90 Å². The quantitative estimate of drug-likeness (QED) is 0.754. The molecule has 0 N–H and O–H groups in total. The maximum atomic E-state index is 13.6. The SMILES string of the molecule is CC(C)C(F)CN1C(=O)c2ccccc2C1=O. The predicted octanol–water partition coefficient (Wildman–Crippen LogP) is 2.28. The molecule has 0 spiro atoms. The van der Waals surface area contributed by atoms with E-state index >= 15 is 0 Å². The van der Waals surface area contributed by atoms with E-state index < -0.39 is 18.0 Å². The Bertz CT molecular complexity index is 435. The Balaban J connectivity index is 2.25. The number of hydrogen-bond donors (Lipinski definition) is 0. The molecule has 2 amide bonds. The van der Waals surface area contributed by atoms with Gasteiger partial charge in [0.2, 0.25) is 0 Å². The van der Waals surface area contributed by atoms with Gasteiger partial charge in [0.05, 0.1) is 17.7 Å². The van der Waals surface area contributed by atoms with Gasteiger partial charge in [-0.2, -0.15) is 0 Å². The number of fused-ring (bicyclic) bond motifs is 1. The first kappa shape index (κ1) is 11.8. The van der Waals surface area contributed by atoms with Crippen LogP contribution in [0.4, 0.5) is 4.39 Å². The Morgan fingerprint density at radius 3 is 2.00 bits per heavy atom. The first-order valence-corrected chi connectivity index (χ1v) is 5.61.